The first-order chi connectivity index (χ1) is 12.9. The number of hydrogen-bond acceptors (Lipinski definition) is 3. The Bertz CT molecular complexity index is 922. The molecule has 0 saturated heterocycles. The van der Waals surface area contributed by atoms with Crippen molar-refractivity contribution in [1.29, 1.82) is 0 Å². The molecule has 1 aliphatic rings. The van der Waals surface area contributed by atoms with Crippen LogP contribution in [0.5, 0.6) is 0 Å². The zero-order valence-corrected chi connectivity index (χ0v) is 17.1. The number of fused-ring (bicyclic) bond motifs is 1. The Morgan fingerprint density at radius 2 is 1.93 bits per heavy atom. The van der Waals surface area contributed by atoms with Crippen LogP contribution < -0.4 is 4.90 Å². The van der Waals surface area contributed by atoms with E-state index in [0.29, 0.717) is 28.6 Å². The first-order valence-corrected chi connectivity index (χ1v) is 10.0. The number of carbonyl (C=O) groups excluding carboxylic acids is 2. The van der Waals surface area contributed by atoms with E-state index < -0.39 is 0 Å². The summed E-state index contributed by atoms with van der Waals surface area (Å²) in [6.45, 7) is 5.22. The topological polar surface area (TPSA) is 40.6 Å². The average molecular weight is 401 g/mol. The molecule has 2 aromatic rings. The molecule has 3 rings (SSSR count). The number of benzene rings is 2. The van der Waals surface area contributed by atoms with Crippen LogP contribution in [0.2, 0.25) is 5.02 Å². The Balaban J connectivity index is 1.94. The summed E-state index contributed by atoms with van der Waals surface area (Å²) >= 11 is 7.45. The normalized spacial score (nSPS) is 15.0. The second kappa shape index (κ2) is 8.19. The Morgan fingerprint density at radius 3 is 2.59 bits per heavy atom. The van der Waals surface area contributed by atoms with E-state index in [1.165, 1.54) is 11.8 Å². The molecule has 140 valence electrons. The molecule has 6 heteroatoms. The zero-order chi connectivity index (χ0) is 19.6. The number of thioether (sulfide) groups is 1. The standard InChI is InChI=1S/C21H21ClN2O2S/c1-4-24(5-2)20(25)15-9-10-18-17(13-15)23(3)21(26)19(27-18)12-14-7-6-8-16(22)11-14/h6-13H,4-5H2,1-3H3. The zero-order valence-electron chi connectivity index (χ0n) is 15.5. The van der Waals surface area contributed by atoms with Gasteiger partial charge < -0.3 is 9.80 Å². The van der Waals surface area contributed by atoms with Gasteiger partial charge in [-0.05, 0) is 55.8 Å². The van der Waals surface area contributed by atoms with E-state index in [0.717, 1.165) is 16.1 Å². The molecular formula is C21H21ClN2O2S. The molecule has 0 spiro atoms. The summed E-state index contributed by atoms with van der Waals surface area (Å²) < 4.78 is 0. The van der Waals surface area contributed by atoms with Crippen molar-refractivity contribution >= 4 is 46.9 Å². The summed E-state index contributed by atoms with van der Waals surface area (Å²) in [6, 6.07) is 12.9. The van der Waals surface area contributed by atoms with Crippen LogP contribution in [-0.2, 0) is 4.79 Å². The molecule has 2 aromatic carbocycles. The van der Waals surface area contributed by atoms with Gasteiger partial charge in [-0.1, -0.05) is 35.5 Å². The van der Waals surface area contributed by atoms with Crippen LogP contribution in [0.25, 0.3) is 6.08 Å². The summed E-state index contributed by atoms with van der Waals surface area (Å²) in [5.41, 5.74) is 2.23. The number of nitrogens with zero attached hydrogens (tertiary/aromatic N) is 2. The second-order valence-corrected chi connectivity index (χ2v) is 7.71. The van der Waals surface area contributed by atoms with Gasteiger partial charge in [-0.3, -0.25) is 9.59 Å². The Hall–Kier alpha value is -2.24. The minimum atomic E-state index is -0.0973. The monoisotopic (exact) mass is 400 g/mol. The van der Waals surface area contributed by atoms with Gasteiger partial charge in [0, 0.05) is 35.6 Å². The SMILES string of the molecule is CCN(CC)C(=O)c1ccc2c(c1)N(C)C(=O)C(=Cc1cccc(Cl)c1)S2. The first kappa shape index (κ1) is 19.5. The van der Waals surface area contributed by atoms with Crippen molar-refractivity contribution in [2.24, 2.45) is 0 Å². The fourth-order valence-electron chi connectivity index (χ4n) is 2.97. The number of anilines is 1. The van der Waals surface area contributed by atoms with E-state index in [1.807, 2.05) is 50.3 Å². The molecule has 0 saturated carbocycles. The van der Waals surface area contributed by atoms with Gasteiger partial charge in [0.05, 0.1) is 10.6 Å². The smallest absolute Gasteiger partial charge is 0.264 e. The number of amides is 2. The lowest BCUT2D eigenvalue weighted by Crippen LogP contribution is -2.32. The van der Waals surface area contributed by atoms with Crippen LogP contribution >= 0.6 is 23.4 Å². The molecule has 0 fully saturated rings. The maximum Gasteiger partial charge on any atom is 0.264 e. The molecule has 27 heavy (non-hydrogen) atoms. The number of halogens is 1. The lowest BCUT2D eigenvalue weighted by molar-refractivity contribution is -0.114. The molecule has 0 unspecified atom stereocenters. The van der Waals surface area contributed by atoms with Crippen LogP contribution in [0.15, 0.2) is 52.3 Å². The van der Waals surface area contributed by atoms with Gasteiger partial charge in [0.2, 0.25) is 0 Å². The Kier molecular flexibility index (Phi) is 5.92. The third kappa shape index (κ3) is 4.04. The molecular weight excluding hydrogens is 380 g/mol. The quantitative estimate of drug-likeness (QED) is 0.683. The maximum atomic E-state index is 12.8. The average Bonchev–Trinajstić information content (AvgIpc) is 2.66. The number of hydrogen-bond donors (Lipinski definition) is 0. The minimum Gasteiger partial charge on any atom is -0.339 e. The summed E-state index contributed by atoms with van der Waals surface area (Å²) in [5, 5.41) is 0.630. The highest BCUT2D eigenvalue weighted by molar-refractivity contribution is 8.04. The van der Waals surface area contributed by atoms with Gasteiger partial charge in [0.1, 0.15) is 0 Å². The van der Waals surface area contributed by atoms with Crippen LogP contribution in [0.3, 0.4) is 0 Å². The molecule has 1 aliphatic heterocycles. The predicted octanol–water partition coefficient (Wildman–Crippen LogP) is 4.93. The van der Waals surface area contributed by atoms with Crippen LogP contribution in [0.1, 0.15) is 29.8 Å². The summed E-state index contributed by atoms with van der Waals surface area (Å²) in [7, 11) is 1.73. The molecule has 0 radical (unpaired) electrons. The van der Waals surface area contributed by atoms with Crippen LogP contribution in [0.4, 0.5) is 5.69 Å². The van der Waals surface area contributed by atoms with Crippen LogP contribution in [-0.4, -0.2) is 36.9 Å². The molecule has 4 nitrogen and oxygen atoms in total. The maximum absolute atomic E-state index is 12.8. The van der Waals surface area contributed by atoms with Gasteiger partial charge in [-0.15, -0.1) is 0 Å². The van der Waals surface area contributed by atoms with E-state index >= 15 is 0 Å². The highest BCUT2D eigenvalue weighted by atomic mass is 35.5. The molecule has 0 N–H and O–H groups in total. The van der Waals surface area contributed by atoms with E-state index in [-0.39, 0.29) is 11.8 Å². The van der Waals surface area contributed by atoms with E-state index in [2.05, 4.69) is 0 Å². The summed E-state index contributed by atoms with van der Waals surface area (Å²) in [6.07, 6.45) is 1.84. The summed E-state index contributed by atoms with van der Waals surface area (Å²) in [4.78, 5) is 30.4. The molecule has 0 aliphatic carbocycles. The van der Waals surface area contributed by atoms with Crippen molar-refractivity contribution in [3.63, 3.8) is 0 Å². The molecule has 1 heterocycles. The summed E-state index contributed by atoms with van der Waals surface area (Å²) in [5.74, 6) is -0.117. The van der Waals surface area contributed by atoms with Gasteiger partial charge in [0.15, 0.2) is 0 Å². The lowest BCUT2D eigenvalue weighted by Gasteiger charge is -2.28. The number of likely N-dealkylation sites (N-methyl/N-ethyl adjacent to an activating group) is 1. The Morgan fingerprint density at radius 1 is 1.19 bits per heavy atom. The van der Waals surface area contributed by atoms with Crippen molar-refractivity contribution in [2.75, 3.05) is 25.0 Å². The highest BCUT2D eigenvalue weighted by Gasteiger charge is 2.27. The molecule has 0 atom stereocenters. The first-order valence-electron chi connectivity index (χ1n) is 8.81. The van der Waals surface area contributed by atoms with E-state index in [1.54, 1.807) is 29.0 Å². The number of carbonyl (C=O) groups is 2. The van der Waals surface area contributed by atoms with Gasteiger partial charge in [-0.2, -0.15) is 0 Å². The van der Waals surface area contributed by atoms with E-state index in [4.69, 9.17) is 11.6 Å². The van der Waals surface area contributed by atoms with Crippen molar-refractivity contribution in [3.8, 4) is 0 Å². The molecule has 2 amide bonds. The van der Waals surface area contributed by atoms with Gasteiger partial charge in [-0.25, -0.2) is 0 Å². The van der Waals surface area contributed by atoms with Gasteiger partial charge in [0.25, 0.3) is 11.8 Å². The van der Waals surface area contributed by atoms with Crippen molar-refractivity contribution in [1.82, 2.24) is 4.90 Å². The predicted molar refractivity (Wildman–Crippen MR) is 112 cm³/mol. The second-order valence-electron chi connectivity index (χ2n) is 6.19. The minimum absolute atomic E-state index is 0.0195. The van der Waals surface area contributed by atoms with Crippen molar-refractivity contribution < 1.29 is 9.59 Å². The highest BCUT2D eigenvalue weighted by Crippen LogP contribution is 2.42. The third-order valence-electron chi connectivity index (χ3n) is 4.50. The number of rotatable bonds is 4. The largest absolute Gasteiger partial charge is 0.339 e. The fraction of sp³-hybridized carbons (Fsp3) is 0.238. The third-order valence-corrected chi connectivity index (χ3v) is 5.81. The lowest BCUT2D eigenvalue weighted by atomic mass is 10.1. The van der Waals surface area contributed by atoms with E-state index in [9.17, 15) is 9.59 Å². The fourth-order valence-corrected chi connectivity index (χ4v) is 4.26. The van der Waals surface area contributed by atoms with Crippen molar-refractivity contribution in [3.05, 3.63) is 63.5 Å². The molecule has 0 aromatic heterocycles. The Labute approximate surface area is 168 Å². The van der Waals surface area contributed by atoms with Crippen LogP contribution in [0, 0.1) is 0 Å². The van der Waals surface area contributed by atoms with Gasteiger partial charge >= 0.3 is 0 Å². The van der Waals surface area contributed by atoms with Crippen molar-refractivity contribution in [2.45, 2.75) is 18.7 Å². The molecule has 0 bridgehead atoms.